The Morgan fingerprint density at radius 3 is 2.67 bits per heavy atom. The normalized spacial score (nSPS) is 24.2. The summed E-state index contributed by atoms with van der Waals surface area (Å²) >= 11 is 0. The van der Waals surface area contributed by atoms with E-state index in [0.717, 1.165) is 11.3 Å². The van der Waals surface area contributed by atoms with Gasteiger partial charge in [-0.3, -0.25) is 4.79 Å². The maximum Gasteiger partial charge on any atom is 0.309 e. The van der Waals surface area contributed by atoms with Crippen LogP contribution in [0.4, 0.5) is 0 Å². The summed E-state index contributed by atoms with van der Waals surface area (Å²) in [5, 5.41) is 13.7. The molecule has 1 saturated heterocycles. The van der Waals surface area contributed by atoms with Crippen LogP contribution in [0.25, 0.3) is 0 Å². The van der Waals surface area contributed by atoms with Crippen LogP contribution >= 0.6 is 0 Å². The van der Waals surface area contributed by atoms with Crippen molar-refractivity contribution in [2.24, 2.45) is 10.6 Å². The molecule has 0 radical (unpaired) electrons. The first-order valence-electron chi connectivity index (χ1n) is 7.29. The molecule has 3 rings (SSSR count). The highest BCUT2D eigenvalue weighted by atomic mass is 16.6. The molecule has 2 aliphatic rings. The predicted octanol–water partition coefficient (Wildman–Crippen LogP) is 2.45. The topological polar surface area (TPSA) is 68.1 Å². The van der Waals surface area contributed by atoms with Gasteiger partial charge in [-0.05, 0) is 18.4 Å². The van der Waals surface area contributed by atoms with E-state index in [1.807, 2.05) is 30.3 Å². The number of oxime groups is 1. The molecule has 1 atom stereocenters. The Labute approximate surface area is 123 Å². The van der Waals surface area contributed by atoms with E-state index in [1.165, 1.54) is 0 Å². The predicted molar refractivity (Wildman–Crippen MR) is 77.2 cm³/mol. The molecule has 1 fully saturated rings. The lowest BCUT2D eigenvalue weighted by molar-refractivity contribution is -0.158. The highest BCUT2D eigenvalue weighted by Crippen LogP contribution is 2.38. The molecule has 0 spiro atoms. The number of hydrogen-bond acceptors (Lipinski definition) is 4. The lowest BCUT2D eigenvalue weighted by atomic mass is 9.75. The SMILES string of the molecule is O=C(O)C1(CC2CC(c3ccccc3)=NO2)CCOCC1. The van der Waals surface area contributed by atoms with Crippen LogP contribution in [0.5, 0.6) is 0 Å². The lowest BCUT2D eigenvalue weighted by Crippen LogP contribution is -2.40. The summed E-state index contributed by atoms with van der Waals surface area (Å²) in [5.74, 6) is -0.748. The molecule has 1 aromatic rings. The van der Waals surface area contributed by atoms with Gasteiger partial charge in [0.05, 0.1) is 11.1 Å². The summed E-state index contributed by atoms with van der Waals surface area (Å²) in [6.45, 7) is 1.01. The third kappa shape index (κ3) is 2.93. The Morgan fingerprint density at radius 2 is 2.00 bits per heavy atom. The molecular formula is C16H19NO4. The molecule has 1 N–H and O–H groups in total. The van der Waals surface area contributed by atoms with Crippen LogP contribution in [0.15, 0.2) is 35.5 Å². The number of benzene rings is 1. The van der Waals surface area contributed by atoms with Gasteiger partial charge in [-0.1, -0.05) is 35.5 Å². The van der Waals surface area contributed by atoms with Crippen LogP contribution in [0.2, 0.25) is 0 Å². The zero-order valence-electron chi connectivity index (χ0n) is 11.8. The quantitative estimate of drug-likeness (QED) is 0.924. The van der Waals surface area contributed by atoms with E-state index in [9.17, 15) is 9.90 Å². The average Bonchev–Trinajstić information content (AvgIpc) is 2.97. The van der Waals surface area contributed by atoms with E-state index in [0.29, 0.717) is 38.9 Å². The number of nitrogens with zero attached hydrogens (tertiary/aromatic N) is 1. The summed E-state index contributed by atoms with van der Waals surface area (Å²) in [5.41, 5.74) is 1.20. The lowest BCUT2D eigenvalue weighted by Gasteiger charge is -2.34. The van der Waals surface area contributed by atoms with Crippen molar-refractivity contribution in [2.45, 2.75) is 31.8 Å². The number of carbonyl (C=O) groups is 1. The summed E-state index contributed by atoms with van der Waals surface area (Å²) < 4.78 is 5.30. The number of rotatable bonds is 4. The van der Waals surface area contributed by atoms with Crippen LogP contribution in [0.1, 0.15) is 31.2 Å². The molecule has 5 nitrogen and oxygen atoms in total. The minimum atomic E-state index is -0.748. The van der Waals surface area contributed by atoms with Crippen molar-refractivity contribution in [1.82, 2.24) is 0 Å². The van der Waals surface area contributed by atoms with Gasteiger partial charge in [0.15, 0.2) is 0 Å². The van der Waals surface area contributed by atoms with Crippen LogP contribution in [0.3, 0.4) is 0 Å². The number of aliphatic carboxylic acids is 1. The second-order valence-electron chi connectivity index (χ2n) is 5.74. The Kier molecular flexibility index (Phi) is 3.92. The van der Waals surface area contributed by atoms with E-state index in [2.05, 4.69) is 5.16 Å². The Hall–Kier alpha value is -1.88. The largest absolute Gasteiger partial charge is 0.481 e. The minimum Gasteiger partial charge on any atom is -0.481 e. The van der Waals surface area contributed by atoms with Gasteiger partial charge < -0.3 is 14.7 Å². The van der Waals surface area contributed by atoms with Crippen molar-refractivity contribution < 1.29 is 19.5 Å². The molecule has 21 heavy (non-hydrogen) atoms. The van der Waals surface area contributed by atoms with Gasteiger partial charge >= 0.3 is 5.97 Å². The fourth-order valence-electron chi connectivity index (χ4n) is 3.04. The van der Waals surface area contributed by atoms with Crippen LogP contribution in [-0.2, 0) is 14.4 Å². The molecule has 5 heteroatoms. The fraction of sp³-hybridized carbons (Fsp3) is 0.500. The van der Waals surface area contributed by atoms with E-state index in [1.54, 1.807) is 0 Å². The second kappa shape index (κ2) is 5.85. The van der Waals surface area contributed by atoms with Crippen molar-refractivity contribution >= 4 is 11.7 Å². The van der Waals surface area contributed by atoms with Gasteiger partial charge in [0.2, 0.25) is 0 Å². The molecule has 0 aliphatic carbocycles. The van der Waals surface area contributed by atoms with Gasteiger partial charge in [0, 0.05) is 26.1 Å². The third-order valence-electron chi connectivity index (χ3n) is 4.36. The van der Waals surface area contributed by atoms with Gasteiger partial charge in [-0.2, -0.15) is 0 Å². The molecule has 112 valence electrons. The maximum atomic E-state index is 11.7. The smallest absolute Gasteiger partial charge is 0.309 e. The van der Waals surface area contributed by atoms with Gasteiger partial charge in [-0.25, -0.2) is 0 Å². The highest BCUT2D eigenvalue weighted by Gasteiger charge is 2.43. The standard InChI is InChI=1S/C16H19NO4/c18-15(19)16(6-8-20-9-7-16)11-13-10-14(17-21-13)12-4-2-1-3-5-12/h1-5,13H,6-11H2,(H,18,19). The van der Waals surface area contributed by atoms with Crippen molar-refractivity contribution in [3.05, 3.63) is 35.9 Å². The second-order valence-corrected chi connectivity index (χ2v) is 5.74. The number of carboxylic acids is 1. The average molecular weight is 289 g/mol. The molecule has 0 aromatic heterocycles. The summed E-state index contributed by atoms with van der Waals surface area (Å²) in [7, 11) is 0. The molecule has 0 amide bonds. The molecular weight excluding hydrogens is 270 g/mol. The summed E-state index contributed by atoms with van der Waals surface area (Å²) in [4.78, 5) is 17.1. The zero-order chi connectivity index (χ0) is 14.7. The molecule has 2 heterocycles. The van der Waals surface area contributed by atoms with Crippen LogP contribution in [0, 0.1) is 5.41 Å². The van der Waals surface area contributed by atoms with Crippen LogP contribution < -0.4 is 0 Å². The highest BCUT2D eigenvalue weighted by molar-refractivity contribution is 6.01. The number of hydrogen-bond donors (Lipinski definition) is 1. The molecule has 1 unspecified atom stereocenters. The third-order valence-corrected chi connectivity index (χ3v) is 4.36. The van der Waals surface area contributed by atoms with E-state index in [-0.39, 0.29) is 6.10 Å². The minimum absolute atomic E-state index is 0.158. The summed E-state index contributed by atoms with van der Waals surface area (Å²) in [6, 6.07) is 9.86. The number of carboxylic acid groups (broad SMARTS) is 1. The first kappa shape index (κ1) is 14.1. The zero-order valence-corrected chi connectivity index (χ0v) is 11.8. The molecule has 2 aliphatic heterocycles. The van der Waals surface area contributed by atoms with Crippen molar-refractivity contribution in [2.75, 3.05) is 13.2 Å². The molecule has 0 saturated carbocycles. The van der Waals surface area contributed by atoms with Crippen molar-refractivity contribution in [1.29, 1.82) is 0 Å². The monoisotopic (exact) mass is 289 g/mol. The van der Waals surface area contributed by atoms with Gasteiger partial charge in [0.25, 0.3) is 0 Å². The summed E-state index contributed by atoms with van der Waals surface area (Å²) in [6.07, 6.45) is 2.09. The van der Waals surface area contributed by atoms with E-state index >= 15 is 0 Å². The van der Waals surface area contributed by atoms with E-state index < -0.39 is 11.4 Å². The van der Waals surface area contributed by atoms with E-state index in [4.69, 9.17) is 9.57 Å². The van der Waals surface area contributed by atoms with Gasteiger partial charge in [0.1, 0.15) is 6.10 Å². The number of ether oxygens (including phenoxy) is 1. The van der Waals surface area contributed by atoms with Gasteiger partial charge in [-0.15, -0.1) is 0 Å². The van der Waals surface area contributed by atoms with Crippen LogP contribution in [-0.4, -0.2) is 36.1 Å². The van der Waals surface area contributed by atoms with Crippen molar-refractivity contribution in [3.8, 4) is 0 Å². The molecule has 1 aromatic carbocycles. The maximum absolute atomic E-state index is 11.7. The first-order chi connectivity index (χ1) is 10.2. The fourth-order valence-corrected chi connectivity index (χ4v) is 3.04. The Balaban J connectivity index is 1.66. The Bertz CT molecular complexity index is 534. The molecule has 0 bridgehead atoms. The Morgan fingerprint density at radius 1 is 1.29 bits per heavy atom. The first-order valence-corrected chi connectivity index (χ1v) is 7.29. The van der Waals surface area contributed by atoms with Crippen molar-refractivity contribution in [3.63, 3.8) is 0 Å².